The quantitative estimate of drug-likeness (QED) is 0.642. The topological polar surface area (TPSA) is 64.0 Å². The predicted molar refractivity (Wildman–Crippen MR) is 102 cm³/mol. The summed E-state index contributed by atoms with van der Waals surface area (Å²) in [4.78, 5) is 24.6. The summed E-state index contributed by atoms with van der Waals surface area (Å²) in [5.74, 6) is -1.32. The highest BCUT2D eigenvalue weighted by molar-refractivity contribution is 5.92. The van der Waals surface area contributed by atoms with E-state index in [2.05, 4.69) is 10.4 Å². The van der Waals surface area contributed by atoms with E-state index in [1.165, 1.54) is 41.1 Å². The first kappa shape index (κ1) is 21.2. The third-order valence-corrected chi connectivity index (χ3v) is 4.38. The molecule has 0 aliphatic heterocycles. The number of carbonyl (C=O) groups excluding carboxylic acids is 1. The molecule has 0 atom stereocenters. The molecule has 0 aliphatic rings. The predicted octanol–water partition coefficient (Wildman–Crippen LogP) is 3.67. The largest absolute Gasteiger partial charge is 0.416 e. The summed E-state index contributed by atoms with van der Waals surface area (Å²) in [6.45, 7) is 1.64. The van der Waals surface area contributed by atoms with Gasteiger partial charge in [0.05, 0.1) is 5.56 Å². The van der Waals surface area contributed by atoms with Crippen molar-refractivity contribution in [2.24, 2.45) is 0 Å². The van der Waals surface area contributed by atoms with Gasteiger partial charge in [-0.25, -0.2) is 9.07 Å². The van der Waals surface area contributed by atoms with E-state index in [0.717, 1.165) is 12.1 Å². The number of nitrogens with one attached hydrogen (secondary N) is 1. The van der Waals surface area contributed by atoms with Crippen LogP contribution in [0.15, 0.2) is 59.4 Å². The lowest BCUT2D eigenvalue weighted by Gasteiger charge is -2.12. The van der Waals surface area contributed by atoms with Crippen molar-refractivity contribution >= 4 is 5.91 Å². The van der Waals surface area contributed by atoms with Crippen molar-refractivity contribution < 1.29 is 22.4 Å². The van der Waals surface area contributed by atoms with E-state index in [1.54, 1.807) is 13.0 Å². The molecule has 0 bridgehead atoms. The smallest absolute Gasteiger partial charge is 0.350 e. The van der Waals surface area contributed by atoms with Gasteiger partial charge < -0.3 is 5.32 Å². The molecule has 3 rings (SSSR count). The molecule has 1 aromatic heterocycles. The lowest BCUT2D eigenvalue weighted by Crippen LogP contribution is -2.33. The first-order valence-electron chi connectivity index (χ1n) is 8.97. The minimum Gasteiger partial charge on any atom is -0.350 e. The van der Waals surface area contributed by atoms with Crippen molar-refractivity contribution in [2.45, 2.75) is 19.5 Å². The van der Waals surface area contributed by atoms with E-state index in [0.29, 0.717) is 11.3 Å². The van der Waals surface area contributed by atoms with Crippen LogP contribution in [0.25, 0.3) is 5.69 Å². The van der Waals surface area contributed by atoms with Crippen LogP contribution in [0.5, 0.6) is 0 Å². The molecule has 0 fully saturated rings. The Morgan fingerprint density at radius 2 is 1.77 bits per heavy atom. The molecule has 30 heavy (non-hydrogen) atoms. The van der Waals surface area contributed by atoms with E-state index < -0.39 is 34.6 Å². The van der Waals surface area contributed by atoms with Gasteiger partial charge in [-0.1, -0.05) is 24.3 Å². The van der Waals surface area contributed by atoms with Crippen LogP contribution in [0.4, 0.5) is 17.6 Å². The Morgan fingerprint density at radius 3 is 2.40 bits per heavy atom. The lowest BCUT2D eigenvalue weighted by molar-refractivity contribution is -0.137. The van der Waals surface area contributed by atoms with Crippen molar-refractivity contribution in [3.63, 3.8) is 0 Å². The fourth-order valence-corrected chi connectivity index (χ4v) is 2.84. The summed E-state index contributed by atoms with van der Waals surface area (Å²) in [5.41, 5.74) is -0.750. The third kappa shape index (κ3) is 4.73. The Balaban J connectivity index is 1.72. The molecule has 0 saturated heterocycles. The molecule has 0 aliphatic carbocycles. The zero-order valence-electron chi connectivity index (χ0n) is 15.8. The van der Waals surface area contributed by atoms with Crippen LogP contribution in [0.3, 0.4) is 0 Å². The van der Waals surface area contributed by atoms with Gasteiger partial charge in [0.15, 0.2) is 5.69 Å². The van der Waals surface area contributed by atoms with Crippen LogP contribution in [0, 0.1) is 12.7 Å². The average Bonchev–Trinajstić information content (AvgIpc) is 2.68. The molecule has 1 amide bonds. The summed E-state index contributed by atoms with van der Waals surface area (Å²) in [7, 11) is 0. The summed E-state index contributed by atoms with van der Waals surface area (Å²) in [6.07, 6.45) is -4.15. The maximum absolute atomic E-state index is 14.1. The molecular weight excluding hydrogens is 402 g/mol. The second-order valence-corrected chi connectivity index (χ2v) is 6.56. The maximum atomic E-state index is 14.1. The summed E-state index contributed by atoms with van der Waals surface area (Å²) in [5, 5.41) is 6.51. The van der Waals surface area contributed by atoms with Crippen LogP contribution >= 0.6 is 0 Å². The van der Waals surface area contributed by atoms with Gasteiger partial charge in [0, 0.05) is 18.3 Å². The van der Waals surface area contributed by atoms with E-state index >= 15 is 0 Å². The molecule has 9 heteroatoms. The fourth-order valence-electron chi connectivity index (χ4n) is 2.84. The standard InChI is InChI=1S/C21H17F4N3O2/c1-13-12-18(29)19(27-28(13)17-5-3-2-4-16(17)22)20(30)26-11-10-14-6-8-15(9-7-14)21(23,24)25/h2-9,12H,10-11H2,1H3,(H,26,30). The first-order chi connectivity index (χ1) is 14.2. The van der Waals surface area contributed by atoms with Gasteiger partial charge in [-0.2, -0.15) is 18.3 Å². The van der Waals surface area contributed by atoms with Gasteiger partial charge in [0.2, 0.25) is 5.43 Å². The number of carbonyl (C=O) groups is 1. The Morgan fingerprint density at radius 1 is 1.10 bits per heavy atom. The number of para-hydroxylation sites is 1. The molecule has 2 aromatic carbocycles. The second-order valence-electron chi connectivity index (χ2n) is 6.56. The van der Waals surface area contributed by atoms with Crippen molar-refractivity contribution in [1.82, 2.24) is 15.1 Å². The Kier molecular flexibility index (Phi) is 6.00. The van der Waals surface area contributed by atoms with E-state index in [1.807, 2.05) is 0 Å². The number of nitrogens with zero attached hydrogens (tertiary/aromatic N) is 2. The van der Waals surface area contributed by atoms with Gasteiger partial charge in [0.25, 0.3) is 5.91 Å². The number of amides is 1. The monoisotopic (exact) mass is 419 g/mol. The highest BCUT2D eigenvalue weighted by Gasteiger charge is 2.29. The molecule has 0 saturated carbocycles. The Labute approximate surface area is 169 Å². The molecular formula is C21H17F4N3O2. The van der Waals surface area contributed by atoms with Crippen LogP contribution in [0.2, 0.25) is 0 Å². The number of aromatic nitrogens is 2. The highest BCUT2D eigenvalue weighted by atomic mass is 19.4. The number of hydrogen-bond acceptors (Lipinski definition) is 3. The molecule has 1 N–H and O–H groups in total. The van der Waals surface area contributed by atoms with E-state index in [9.17, 15) is 27.2 Å². The van der Waals surface area contributed by atoms with Crippen molar-refractivity contribution in [3.05, 3.63) is 93.2 Å². The number of benzene rings is 2. The number of halogens is 4. The maximum Gasteiger partial charge on any atom is 0.416 e. The zero-order valence-corrected chi connectivity index (χ0v) is 15.8. The number of aryl methyl sites for hydroxylation is 1. The SMILES string of the molecule is Cc1cc(=O)c(C(=O)NCCc2ccc(C(F)(F)F)cc2)nn1-c1ccccc1F. The van der Waals surface area contributed by atoms with Gasteiger partial charge in [-0.15, -0.1) is 0 Å². The molecule has 156 valence electrons. The summed E-state index contributed by atoms with van der Waals surface area (Å²) in [6, 6.07) is 11.6. The molecule has 3 aromatic rings. The highest BCUT2D eigenvalue weighted by Crippen LogP contribution is 2.29. The average molecular weight is 419 g/mol. The van der Waals surface area contributed by atoms with Crippen molar-refractivity contribution in [3.8, 4) is 5.69 Å². The molecule has 5 nitrogen and oxygen atoms in total. The van der Waals surface area contributed by atoms with Crippen molar-refractivity contribution in [2.75, 3.05) is 6.54 Å². The number of alkyl halides is 3. The van der Waals surface area contributed by atoms with Crippen molar-refractivity contribution in [1.29, 1.82) is 0 Å². The number of rotatable bonds is 5. The zero-order chi connectivity index (χ0) is 21.9. The van der Waals surface area contributed by atoms with E-state index in [4.69, 9.17) is 0 Å². The van der Waals surface area contributed by atoms with Gasteiger partial charge >= 0.3 is 6.18 Å². The normalized spacial score (nSPS) is 11.4. The molecule has 0 spiro atoms. The summed E-state index contributed by atoms with van der Waals surface area (Å²) >= 11 is 0. The van der Waals surface area contributed by atoms with Crippen LogP contribution < -0.4 is 10.7 Å². The van der Waals surface area contributed by atoms with Gasteiger partial charge in [-0.3, -0.25) is 9.59 Å². The first-order valence-corrected chi connectivity index (χ1v) is 8.97. The lowest BCUT2D eigenvalue weighted by atomic mass is 10.1. The molecule has 0 radical (unpaired) electrons. The molecule has 1 heterocycles. The minimum atomic E-state index is -4.41. The Bertz CT molecular complexity index is 1120. The van der Waals surface area contributed by atoms with Crippen LogP contribution in [0.1, 0.15) is 27.3 Å². The number of hydrogen-bond donors (Lipinski definition) is 1. The van der Waals surface area contributed by atoms with Gasteiger partial charge in [0.1, 0.15) is 11.5 Å². The van der Waals surface area contributed by atoms with Crippen LogP contribution in [-0.2, 0) is 12.6 Å². The van der Waals surface area contributed by atoms with Crippen LogP contribution in [-0.4, -0.2) is 22.2 Å². The molecule has 0 unspecified atom stereocenters. The second kappa shape index (κ2) is 8.48. The minimum absolute atomic E-state index is 0.0822. The Hall–Kier alpha value is -3.49. The third-order valence-electron chi connectivity index (χ3n) is 4.38. The van der Waals surface area contributed by atoms with E-state index in [-0.39, 0.29) is 18.7 Å². The van der Waals surface area contributed by atoms with Gasteiger partial charge in [-0.05, 0) is 43.2 Å². The fraction of sp³-hybridized carbons (Fsp3) is 0.190. The summed E-state index contributed by atoms with van der Waals surface area (Å²) < 4.78 is 53.0.